The van der Waals surface area contributed by atoms with Gasteiger partial charge in [-0.15, -0.1) is 4.91 Å². The molecular weight excluding hydrogens is 178 g/mol. The number of hydrogen-bond acceptors (Lipinski definition) is 2. The zero-order valence-electron chi connectivity index (χ0n) is 7.31. The average molecular weight is 185 g/mol. The molecule has 0 saturated heterocycles. The van der Waals surface area contributed by atoms with E-state index in [4.69, 9.17) is 0 Å². The van der Waals surface area contributed by atoms with Crippen LogP contribution in [0.3, 0.4) is 0 Å². The first-order valence-corrected chi connectivity index (χ1v) is 4.18. The molecule has 0 radical (unpaired) electrons. The number of nitrogens with zero attached hydrogens (tertiary/aromatic N) is 1. The summed E-state index contributed by atoms with van der Waals surface area (Å²) in [6.07, 6.45) is 0. The minimum absolute atomic E-state index is 0.332. The second kappa shape index (κ2) is 3.38. The summed E-state index contributed by atoms with van der Waals surface area (Å²) in [6, 6.07) is 12.7. The standard InChI is InChI=1S/C11H7NO2/c13-11(12-14)10-6-5-8-3-1-2-4-9(8)7-10/h1-7H. The molecule has 0 aromatic heterocycles. The van der Waals surface area contributed by atoms with Crippen molar-refractivity contribution in [2.45, 2.75) is 0 Å². The summed E-state index contributed by atoms with van der Waals surface area (Å²) in [5.41, 5.74) is 0.332. The van der Waals surface area contributed by atoms with Crippen LogP contribution < -0.4 is 0 Å². The highest BCUT2D eigenvalue weighted by Gasteiger charge is 2.05. The first kappa shape index (κ1) is 8.56. The number of rotatable bonds is 1. The molecule has 0 fully saturated rings. The van der Waals surface area contributed by atoms with Crippen LogP contribution in [0.1, 0.15) is 10.4 Å². The monoisotopic (exact) mass is 185 g/mol. The Morgan fingerprint density at radius 1 is 1.00 bits per heavy atom. The fourth-order valence-electron chi connectivity index (χ4n) is 1.38. The molecular formula is C11H7NO2. The van der Waals surface area contributed by atoms with Gasteiger partial charge in [-0.05, 0) is 22.9 Å². The molecule has 0 unspecified atom stereocenters. The van der Waals surface area contributed by atoms with Crippen molar-refractivity contribution in [1.82, 2.24) is 0 Å². The van der Waals surface area contributed by atoms with E-state index in [1.807, 2.05) is 24.3 Å². The molecule has 14 heavy (non-hydrogen) atoms. The van der Waals surface area contributed by atoms with Crippen LogP contribution in [0.4, 0.5) is 0 Å². The van der Waals surface area contributed by atoms with Crippen molar-refractivity contribution >= 4 is 16.7 Å². The quantitative estimate of drug-likeness (QED) is 0.641. The zero-order chi connectivity index (χ0) is 9.97. The van der Waals surface area contributed by atoms with Crippen molar-refractivity contribution in [2.24, 2.45) is 5.18 Å². The van der Waals surface area contributed by atoms with Gasteiger partial charge in [0.15, 0.2) is 0 Å². The van der Waals surface area contributed by atoms with Crippen LogP contribution in [-0.2, 0) is 0 Å². The van der Waals surface area contributed by atoms with E-state index in [-0.39, 0.29) is 0 Å². The van der Waals surface area contributed by atoms with E-state index in [1.54, 1.807) is 18.2 Å². The van der Waals surface area contributed by atoms with Gasteiger partial charge in [-0.25, -0.2) is 0 Å². The number of hydrogen-bond donors (Lipinski definition) is 0. The van der Waals surface area contributed by atoms with E-state index in [0.717, 1.165) is 10.8 Å². The smallest absolute Gasteiger partial charge is 0.263 e. The lowest BCUT2D eigenvalue weighted by Gasteiger charge is -1.97. The minimum Gasteiger partial charge on any atom is -0.263 e. The Hall–Kier alpha value is -2.03. The Morgan fingerprint density at radius 3 is 2.43 bits per heavy atom. The van der Waals surface area contributed by atoms with Crippen LogP contribution in [0.15, 0.2) is 47.6 Å². The first-order valence-electron chi connectivity index (χ1n) is 4.18. The molecule has 1 amide bonds. The van der Waals surface area contributed by atoms with E-state index >= 15 is 0 Å². The van der Waals surface area contributed by atoms with Gasteiger partial charge in [0.25, 0.3) is 0 Å². The molecule has 0 heterocycles. The SMILES string of the molecule is O=NC(=O)c1ccc2ccccc2c1. The zero-order valence-corrected chi connectivity index (χ0v) is 7.31. The second-order valence-electron chi connectivity index (χ2n) is 2.96. The average Bonchev–Trinajstić information content (AvgIpc) is 2.27. The highest BCUT2D eigenvalue weighted by Crippen LogP contribution is 2.15. The van der Waals surface area contributed by atoms with Crippen molar-refractivity contribution in [3.05, 3.63) is 52.9 Å². The normalized spacial score (nSPS) is 10.0. The molecule has 0 atom stereocenters. The maximum Gasteiger partial charge on any atom is 0.316 e. The summed E-state index contributed by atoms with van der Waals surface area (Å²) >= 11 is 0. The van der Waals surface area contributed by atoms with Crippen molar-refractivity contribution < 1.29 is 4.79 Å². The third-order valence-electron chi connectivity index (χ3n) is 2.08. The fourth-order valence-corrected chi connectivity index (χ4v) is 1.38. The van der Waals surface area contributed by atoms with Gasteiger partial charge in [-0.2, -0.15) is 0 Å². The summed E-state index contributed by atoms with van der Waals surface area (Å²) in [6.45, 7) is 0. The molecule has 0 bridgehead atoms. The molecule has 68 valence electrons. The topological polar surface area (TPSA) is 46.5 Å². The molecule has 0 aliphatic carbocycles. The van der Waals surface area contributed by atoms with Gasteiger partial charge >= 0.3 is 5.91 Å². The number of nitroso groups, excluding NO2 is 1. The maximum atomic E-state index is 11.0. The molecule has 2 rings (SSSR count). The number of benzene rings is 2. The summed E-state index contributed by atoms with van der Waals surface area (Å²) in [5.74, 6) is -0.726. The summed E-state index contributed by atoms with van der Waals surface area (Å²) in [4.78, 5) is 21.0. The van der Waals surface area contributed by atoms with Crippen molar-refractivity contribution in [3.63, 3.8) is 0 Å². The predicted octanol–water partition coefficient (Wildman–Crippen LogP) is 2.75. The molecule has 3 heteroatoms. The Balaban J connectivity index is 2.62. The van der Waals surface area contributed by atoms with Gasteiger partial charge in [0.1, 0.15) is 0 Å². The first-order chi connectivity index (χ1) is 6.81. The van der Waals surface area contributed by atoms with E-state index in [2.05, 4.69) is 5.18 Å². The molecule has 2 aromatic carbocycles. The van der Waals surface area contributed by atoms with Gasteiger partial charge in [-0.1, -0.05) is 30.3 Å². The highest BCUT2D eigenvalue weighted by atomic mass is 16.3. The van der Waals surface area contributed by atoms with Gasteiger partial charge in [0.05, 0.1) is 0 Å². The number of carbonyl (C=O) groups excluding carboxylic acids is 1. The molecule has 0 saturated carbocycles. The Morgan fingerprint density at radius 2 is 1.71 bits per heavy atom. The molecule has 3 nitrogen and oxygen atoms in total. The van der Waals surface area contributed by atoms with Crippen LogP contribution in [0.5, 0.6) is 0 Å². The number of fused-ring (bicyclic) bond motifs is 1. The lowest BCUT2D eigenvalue weighted by molar-refractivity contribution is 0.100. The van der Waals surface area contributed by atoms with Crippen molar-refractivity contribution in [3.8, 4) is 0 Å². The lowest BCUT2D eigenvalue weighted by Crippen LogP contribution is -1.92. The number of carbonyl (C=O) groups is 1. The molecule has 0 spiro atoms. The van der Waals surface area contributed by atoms with Gasteiger partial charge < -0.3 is 0 Å². The van der Waals surface area contributed by atoms with Crippen molar-refractivity contribution in [2.75, 3.05) is 0 Å². The van der Waals surface area contributed by atoms with Gasteiger partial charge in [0.2, 0.25) is 0 Å². The summed E-state index contributed by atoms with van der Waals surface area (Å²) in [7, 11) is 0. The summed E-state index contributed by atoms with van der Waals surface area (Å²) < 4.78 is 0. The van der Waals surface area contributed by atoms with Crippen LogP contribution in [-0.4, -0.2) is 5.91 Å². The van der Waals surface area contributed by atoms with Crippen LogP contribution in [0.25, 0.3) is 10.8 Å². The maximum absolute atomic E-state index is 11.0. The van der Waals surface area contributed by atoms with E-state index in [1.165, 1.54) is 0 Å². The lowest BCUT2D eigenvalue weighted by atomic mass is 10.1. The fraction of sp³-hybridized carbons (Fsp3) is 0. The van der Waals surface area contributed by atoms with Crippen molar-refractivity contribution in [1.29, 1.82) is 0 Å². The van der Waals surface area contributed by atoms with Gasteiger partial charge in [-0.3, -0.25) is 4.79 Å². The Labute approximate surface area is 80.3 Å². The summed E-state index contributed by atoms with van der Waals surface area (Å²) in [5, 5.41) is 4.35. The molecule has 0 N–H and O–H groups in total. The van der Waals surface area contributed by atoms with E-state index in [9.17, 15) is 9.70 Å². The van der Waals surface area contributed by atoms with Crippen LogP contribution in [0, 0.1) is 4.91 Å². The predicted molar refractivity (Wildman–Crippen MR) is 54.1 cm³/mol. The van der Waals surface area contributed by atoms with E-state index in [0.29, 0.717) is 5.56 Å². The van der Waals surface area contributed by atoms with Gasteiger partial charge in [0, 0.05) is 10.7 Å². The third kappa shape index (κ3) is 1.40. The van der Waals surface area contributed by atoms with Crippen LogP contribution >= 0.6 is 0 Å². The Bertz CT molecular complexity index is 505. The second-order valence-corrected chi connectivity index (χ2v) is 2.96. The molecule has 2 aromatic rings. The third-order valence-corrected chi connectivity index (χ3v) is 2.08. The minimum atomic E-state index is -0.726. The molecule has 0 aliphatic heterocycles. The molecule has 0 aliphatic rings. The van der Waals surface area contributed by atoms with E-state index < -0.39 is 5.91 Å². The largest absolute Gasteiger partial charge is 0.316 e. The Kier molecular flexibility index (Phi) is 2.07. The van der Waals surface area contributed by atoms with Crippen LogP contribution in [0.2, 0.25) is 0 Å². The highest BCUT2D eigenvalue weighted by molar-refractivity contribution is 5.98. The number of amides is 1.